The number of H-pyrrole nitrogens is 1. The molecule has 1 saturated heterocycles. The molecule has 2 fully saturated rings. The van der Waals surface area contributed by atoms with Gasteiger partial charge in [-0.05, 0) is 12.8 Å². The van der Waals surface area contributed by atoms with Crippen molar-refractivity contribution in [2.75, 3.05) is 6.61 Å². The molecule has 0 spiro atoms. The van der Waals surface area contributed by atoms with Gasteiger partial charge in [-0.3, -0.25) is 9.78 Å². The lowest BCUT2D eigenvalue weighted by molar-refractivity contribution is -0.0555. The third-order valence-electron chi connectivity index (χ3n) is 4.24. The molecule has 2 heterocycles. The number of aliphatic hydroxyl groups excluding tert-OH is 2. The Morgan fingerprint density at radius 1 is 1.55 bits per heavy atom. The van der Waals surface area contributed by atoms with E-state index in [0.717, 1.165) is 6.42 Å². The minimum atomic E-state index is -0.823. The largest absolute Gasteiger partial charge is 0.393 e. The molecule has 7 nitrogen and oxygen atoms in total. The first-order valence-corrected chi connectivity index (χ1v) is 6.83. The number of aryl methyl sites for hydroxylation is 1. The molecule has 110 valence electrons. The zero-order valence-corrected chi connectivity index (χ0v) is 11.2. The number of aromatic nitrogens is 2. The Morgan fingerprint density at radius 2 is 2.30 bits per heavy atom. The van der Waals surface area contributed by atoms with Gasteiger partial charge in [0.05, 0.1) is 23.9 Å². The van der Waals surface area contributed by atoms with Crippen LogP contribution < -0.4 is 11.2 Å². The normalized spacial score (nSPS) is 35.0. The van der Waals surface area contributed by atoms with Crippen molar-refractivity contribution in [1.29, 1.82) is 0 Å². The number of aliphatic hydroxyl groups is 2. The fourth-order valence-electron chi connectivity index (χ4n) is 3.02. The van der Waals surface area contributed by atoms with E-state index in [1.54, 1.807) is 0 Å². The molecule has 1 aliphatic heterocycles. The summed E-state index contributed by atoms with van der Waals surface area (Å²) in [6, 6.07) is 0. The molecule has 1 aromatic heterocycles. The number of ether oxygens (including phenoxy) is 1. The minimum absolute atomic E-state index is 0.136. The zero-order valence-electron chi connectivity index (χ0n) is 11.2. The second kappa shape index (κ2) is 4.54. The number of rotatable bonds is 4. The Bertz CT molecular complexity index is 636. The van der Waals surface area contributed by atoms with Crippen molar-refractivity contribution in [3.05, 3.63) is 32.6 Å². The van der Waals surface area contributed by atoms with Gasteiger partial charge >= 0.3 is 5.69 Å². The molecule has 7 heteroatoms. The van der Waals surface area contributed by atoms with Crippen LogP contribution in [0.1, 0.15) is 31.4 Å². The molecule has 0 radical (unpaired) electrons. The summed E-state index contributed by atoms with van der Waals surface area (Å²) in [7, 11) is 0. The molecular formula is C13H18N2O5. The molecule has 1 unspecified atom stereocenters. The Hall–Kier alpha value is -1.44. The second-order valence-electron chi connectivity index (χ2n) is 5.60. The highest BCUT2D eigenvalue weighted by atomic mass is 16.6. The second-order valence-corrected chi connectivity index (χ2v) is 5.60. The molecule has 0 amide bonds. The third kappa shape index (κ3) is 1.85. The van der Waals surface area contributed by atoms with Gasteiger partial charge in [-0.25, -0.2) is 4.79 Å². The van der Waals surface area contributed by atoms with Crippen molar-refractivity contribution in [3.63, 3.8) is 0 Å². The highest BCUT2D eigenvalue weighted by Gasteiger charge is 2.67. The topological polar surface area (TPSA) is 105 Å². The number of aromatic amines is 1. The number of hydrogen-bond donors (Lipinski definition) is 3. The number of nitrogens with zero attached hydrogens (tertiary/aromatic N) is 1. The number of nitrogens with one attached hydrogen (secondary N) is 1. The lowest BCUT2D eigenvalue weighted by Crippen LogP contribution is -2.35. The van der Waals surface area contributed by atoms with Gasteiger partial charge in [-0.2, -0.15) is 0 Å². The van der Waals surface area contributed by atoms with Gasteiger partial charge in [0.25, 0.3) is 5.56 Å². The summed E-state index contributed by atoms with van der Waals surface area (Å²) in [4.78, 5) is 25.8. The summed E-state index contributed by atoms with van der Waals surface area (Å²) in [5.74, 6) is -0.136. The molecule has 2 aliphatic rings. The summed E-state index contributed by atoms with van der Waals surface area (Å²) in [5.41, 5.74) is -1.47. The smallest absolute Gasteiger partial charge is 0.328 e. The van der Waals surface area contributed by atoms with Gasteiger partial charge in [-0.1, -0.05) is 6.92 Å². The van der Waals surface area contributed by atoms with E-state index >= 15 is 0 Å². The summed E-state index contributed by atoms with van der Waals surface area (Å²) >= 11 is 0. The molecule has 3 rings (SSSR count). The maximum atomic E-state index is 11.9. The first kappa shape index (κ1) is 13.5. The molecule has 4 atom stereocenters. The molecule has 20 heavy (non-hydrogen) atoms. The van der Waals surface area contributed by atoms with Crippen LogP contribution in [-0.2, 0) is 11.3 Å². The van der Waals surface area contributed by atoms with Crippen LogP contribution in [-0.4, -0.2) is 38.1 Å². The van der Waals surface area contributed by atoms with Crippen LogP contribution in [0.25, 0.3) is 0 Å². The van der Waals surface area contributed by atoms with Crippen molar-refractivity contribution in [2.24, 2.45) is 5.92 Å². The molecule has 1 aromatic rings. The van der Waals surface area contributed by atoms with E-state index in [1.165, 1.54) is 10.8 Å². The van der Waals surface area contributed by atoms with Crippen LogP contribution in [0.3, 0.4) is 0 Å². The van der Waals surface area contributed by atoms with Gasteiger partial charge in [-0.15, -0.1) is 0 Å². The van der Waals surface area contributed by atoms with Gasteiger partial charge in [0.2, 0.25) is 0 Å². The summed E-state index contributed by atoms with van der Waals surface area (Å²) in [6.45, 7) is 2.24. The van der Waals surface area contributed by atoms with E-state index < -0.39 is 29.1 Å². The highest BCUT2D eigenvalue weighted by molar-refractivity contribution is 5.22. The van der Waals surface area contributed by atoms with Crippen LogP contribution in [0.4, 0.5) is 0 Å². The fourth-order valence-corrected chi connectivity index (χ4v) is 3.02. The zero-order chi connectivity index (χ0) is 14.5. The maximum absolute atomic E-state index is 11.9. The minimum Gasteiger partial charge on any atom is -0.393 e. The van der Waals surface area contributed by atoms with Crippen molar-refractivity contribution < 1.29 is 14.9 Å². The van der Waals surface area contributed by atoms with Crippen molar-refractivity contribution in [2.45, 2.75) is 44.1 Å². The molecule has 1 saturated carbocycles. The SMILES string of the molecule is CCCn1cc([C@@H]2O[C@@]3(CO)CC3[C@@H]2O)c(=O)[nH]c1=O. The van der Waals surface area contributed by atoms with E-state index in [9.17, 15) is 19.8 Å². The monoisotopic (exact) mass is 282 g/mol. The van der Waals surface area contributed by atoms with E-state index in [4.69, 9.17) is 4.74 Å². The first-order chi connectivity index (χ1) is 9.52. The quantitative estimate of drug-likeness (QED) is 0.666. The van der Waals surface area contributed by atoms with Crippen LogP contribution in [0, 0.1) is 5.92 Å². The Balaban J connectivity index is 1.97. The summed E-state index contributed by atoms with van der Waals surface area (Å²) in [5, 5.41) is 19.5. The number of fused-ring (bicyclic) bond motifs is 1. The predicted molar refractivity (Wildman–Crippen MR) is 69.4 cm³/mol. The highest BCUT2D eigenvalue weighted by Crippen LogP contribution is 2.59. The standard InChI is InChI=1S/C13H18N2O5/c1-2-3-15-5-7(11(18)14-12(15)19)10-9(17)8-4-13(8,6-16)20-10/h5,8-10,16-17H,2-4,6H2,1H3,(H,14,18,19)/t8?,9-,10-,13+/m0/s1. The fraction of sp³-hybridized carbons (Fsp3) is 0.692. The van der Waals surface area contributed by atoms with Gasteiger partial charge < -0.3 is 19.5 Å². The van der Waals surface area contributed by atoms with E-state index in [-0.39, 0.29) is 18.1 Å². The first-order valence-electron chi connectivity index (χ1n) is 6.83. The van der Waals surface area contributed by atoms with Gasteiger partial charge in [0.15, 0.2) is 0 Å². The van der Waals surface area contributed by atoms with E-state index in [1.807, 2.05) is 6.92 Å². The van der Waals surface area contributed by atoms with Crippen LogP contribution in [0.5, 0.6) is 0 Å². The van der Waals surface area contributed by atoms with Gasteiger partial charge in [0.1, 0.15) is 6.10 Å². The van der Waals surface area contributed by atoms with Crippen LogP contribution >= 0.6 is 0 Å². The molecule has 1 aliphatic carbocycles. The third-order valence-corrected chi connectivity index (χ3v) is 4.24. The van der Waals surface area contributed by atoms with E-state index in [0.29, 0.717) is 13.0 Å². The summed E-state index contributed by atoms with van der Waals surface area (Å²) in [6.07, 6.45) is 1.20. The average Bonchev–Trinajstić information content (AvgIpc) is 3.08. The molecule has 0 aromatic carbocycles. The molecule has 3 N–H and O–H groups in total. The lowest BCUT2D eigenvalue weighted by Gasteiger charge is -2.19. The van der Waals surface area contributed by atoms with E-state index in [2.05, 4.69) is 4.98 Å². The van der Waals surface area contributed by atoms with Crippen molar-refractivity contribution >= 4 is 0 Å². The molecular weight excluding hydrogens is 264 g/mol. The Labute approximate surface area is 114 Å². The number of hydrogen-bond acceptors (Lipinski definition) is 5. The van der Waals surface area contributed by atoms with Crippen molar-refractivity contribution in [1.82, 2.24) is 9.55 Å². The van der Waals surface area contributed by atoms with Crippen molar-refractivity contribution in [3.8, 4) is 0 Å². The predicted octanol–water partition coefficient (Wildman–Crippen LogP) is -0.870. The Morgan fingerprint density at radius 3 is 2.90 bits per heavy atom. The van der Waals surface area contributed by atoms with Gasteiger partial charge in [0, 0.05) is 18.7 Å². The maximum Gasteiger partial charge on any atom is 0.328 e. The Kier molecular flexibility index (Phi) is 3.07. The lowest BCUT2D eigenvalue weighted by atomic mass is 10.0. The summed E-state index contributed by atoms with van der Waals surface area (Å²) < 4.78 is 7.09. The van der Waals surface area contributed by atoms with Crippen LogP contribution in [0.2, 0.25) is 0 Å². The van der Waals surface area contributed by atoms with Crippen LogP contribution in [0.15, 0.2) is 15.8 Å². The average molecular weight is 282 g/mol. The molecule has 0 bridgehead atoms.